The molecule has 3 fully saturated rings. The molecule has 1 saturated heterocycles. The maximum atomic E-state index is 16.6. The predicted molar refractivity (Wildman–Crippen MR) is 144 cm³/mol. The van der Waals surface area contributed by atoms with E-state index in [-0.39, 0.29) is 36.2 Å². The van der Waals surface area contributed by atoms with Gasteiger partial charge >= 0.3 is 17.9 Å². The van der Waals surface area contributed by atoms with Crippen molar-refractivity contribution < 1.29 is 52.7 Å². The van der Waals surface area contributed by atoms with E-state index < -0.39 is 82.2 Å². The first-order valence-corrected chi connectivity index (χ1v) is 14.1. The van der Waals surface area contributed by atoms with Gasteiger partial charge < -0.3 is 29.2 Å². The number of aliphatic hydroxyl groups is 2. The van der Waals surface area contributed by atoms with Crippen molar-refractivity contribution in [1.29, 1.82) is 0 Å². The zero-order chi connectivity index (χ0) is 31.0. The van der Waals surface area contributed by atoms with Crippen molar-refractivity contribution in [3.05, 3.63) is 47.0 Å². The molecule has 1 aromatic rings. The fraction of sp³-hybridized carbons (Fsp3) is 0.613. The Morgan fingerprint density at radius 2 is 1.69 bits per heavy atom. The highest BCUT2D eigenvalue weighted by molar-refractivity contribution is 5.95. The molecule has 3 aliphatic carbocycles. The van der Waals surface area contributed by atoms with Crippen LogP contribution >= 0.6 is 0 Å². The highest BCUT2D eigenvalue weighted by Crippen LogP contribution is 2.64. The molecule has 0 spiro atoms. The van der Waals surface area contributed by atoms with Gasteiger partial charge in [0.2, 0.25) is 0 Å². The van der Waals surface area contributed by atoms with Crippen molar-refractivity contribution in [2.75, 3.05) is 6.61 Å². The molecule has 42 heavy (non-hydrogen) atoms. The van der Waals surface area contributed by atoms with Crippen LogP contribution in [-0.2, 0) is 33.3 Å². The summed E-state index contributed by atoms with van der Waals surface area (Å²) in [6.45, 7) is 8.08. The summed E-state index contributed by atoms with van der Waals surface area (Å²) in [6.07, 6.45) is -8.35. The molecular formula is C31H37FO10. The van der Waals surface area contributed by atoms with E-state index in [0.717, 1.165) is 13.8 Å². The van der Waals surface area contributed by atoms with Gasteiger partial charge in [-0.1, -0.05) is 32.0 Å². The number of carbonyl (C=O) groups is 4. The smallest absolute Gasteiger partial charge is 0.338 e. The van der Waals surface area contributed by atoms with E-state index in [1.165, 1.54) is 19.1 Å². The number of Topliss-reactive ketones (excluding diaryl/α,β-unsaturated/α-hetero) is 1. The summed E-state index contributed by atoms with van der Waals surface area (Å²) < 4.78 is 39.8. The van der Waals surface area contributed by atoms with Crippen molar-refractivity contribution in [2.24, 2.45) is 16.7 Å². The van der Waals surface area contributed by atoms with Crippen LogP contribution in [0.2, 0.25) is 0 Å². The number of aliphatic hydroxyl groups excluding tert-OH is 1. The number of benzene rings is 1. The maximum Gasteiger partial charge on any atom is 0.338 e. The van der Waals surface area contributed by atoms with Gasteiger partial charge in [-0.15, -0.1) is 0 Å². The second-order valence-corrected chi connectivity index (χ2v) is 12.7. The predicted octanol–water partition coefficient (Wildman–Crippen LogP) is 2.63. The largest absolute Gasteiger partial charge is 0.455 e. The summed E-state index contributed by atoms with van der Waals surface area (Å²) in [5.74, 6) is -4.78. The van der Waals surface area contributed by atoms with Gasteiger partial charge in [0.05, 0.1) is 29.6 Å². The van der Waals surface area contributed by atoms with Crippen LogP contribution in [0.1, 0.15) is 64.7 Å². The number of ketones is 1. The topological polar surface area (TPSA) is 146 Å². The second-order valence-electron chi connectivity index (χ2n) is 12.7. The van der Waals surface area contributed by atoms with Gasteiger partial charge in [0.25, 0.3) is 0 Å². The van der Waals surface area contributed by atoms with E-state index in [2.05, 4.69) is 0 Å². The zero-order valence-corrected chi connectivity index (χ0v) is 24.5. The summed E-state index contributed by atoms with van der Waals surface area (Å²) in [5.41, 5.74) is -6.90. The average molecular weight is 589 g/mol. The van der Waals surface area contributed by atoms with Gasteiger partial charge in [0.1, 0.15) is 24.0 Å². The lowest BCUT2D eigenvalue weighted by Crippen LogP contribution is -2.81. The lowest BCUT2D eigenvalue weighted by molar-refractivity contribution is -0.341. The van der Waals surface area contributed by atoms with Crippen molar-refractivity contribution >= 4 is 23.7 Å². The van der Waals surface area contributed by atoms with E-state index in [1.54, 1.807) is 39.0 Å². The normalized spacial score (nSPS) is 40.4. The summed E-state index contributed by atoms with van der Waals surface area (Å²) in [7, 11) is 0. The lowest BCUT2D eigenvalue weighted by Gasteiger charge is -2.67. The first kappa shape index (κ1) is 30.3. The van der Waals surface area contributed by atoms with E-state index in [1.807, 2.05) is 0 Å². The molecule has 0 radical (unpaired) electrons. The third kappa shape index (κ3) is 4.07. The highest BCUT2D eigenvalue weighted by Gasteiger charge is 2.78. The standard InChI is InChI=1S/C31H37FO10/c1-15-19(35)13-31(38)26(41-27(37)18-10-8-7-9-11-18)24-29(6,20(32)12-21-30(24,14-39-21)42-17(3)34)25(36)23(40-16(2)33)22(15)28(31,4)5/h7-11,19-21,23-24,26,35,38H,12-14H2,1-6H3/t19-,20?,21+,23?,24?,26-,29?,30-,31+/m0/s1. The van der Waals surface area contributed by atoms with Gasteiger partial charge in [-0.3, -0.25) is 14.4 Å². The third-order valence-corrected chi connectivity index (χ3v) is 10.1. The molecule has 228 valence electrons. The van der Waals surface area contributed by atoms with E-state index >= 15 is 4.39 Å². The van der Waals surface area contributed by atoms with Crippen LogP contribution in [-0.4, -0.2) is 82.3 Å². The first-order valence-electron chi connectivity index (χ1n) is 14.1. The van der Waals surface area contributed by atoms with E-state index in [4.69, 9.17) is 18.9 Å². The number of ether oxygens (including phenoxy) is 4. The molecule has 1 aromatic carbocycles. The molecule has 11 heteroatoms. The molecule has 2 bridgehead atoms. The van der Waals surface area contributed by atoms with Gasteiger partial charge in [0.15, 0.2) is 17.5 Å². The van der Waals surface area contributed by atoms with Crippen LogP contribution in [0.25, 0.3) is 0 Å². The number of hydrogen-bond donors (Lipinski definition) is 2. The number of esters is 3. The first-order chi connectivity index (χ1) is 19.5. The van der Waals surface area contributed by atoms with Gasteiger partial charge in [-0.2, -0.15) is 0 Å². The maximum absolute atomic E-state index is 16.6. The fourth-order valence-electron chi connectivity index (χ4n) is 7.87. The molecule has 0 amide bonds. The molecule has 10 nitrogen and oxygen atoms in total. The minimum absolute atomic E-state index is 0.102. The fourth-order valence-corrected chi connectivity index (χ4v) is 7.87. The van der Waals surface area contributed by atoms with Crippen molar-refractivity contribution in [1.82, 2.24) is 0 Å². The van der Waals surface area contributed by atoms with Crippen molar-refractivity contribution in [3.63, 3.8) is 0 Å². The second kappa shape index (κ2) is 9.96. The molecule has 5 rings (SSSR count). The van der Waals surface area contributed by atoms with Crippen molar-refractivity contribution in [2.45, 2.75) is 96.2 Å². The van der Waals surface area contributed by atoms with Gasteiger partial charge in [0, 0.05) is 32.1 Å². The molecule has 0 aromatic heterocycles. The lowest BCUT2D eigenvalue weighted by atomic mass is 9.45. The molecule has 9 atom stereocenters. The van der Waals surface area contributed by atoms with Crippen LogP contribution in [0.3, 0.4) is 0 Å². The Morgan fingerprint density at radius 1 is 1.05 bits per heavy atom. The Kier molecular flexibility index (Phi) is 7.19. The quantitative estimate of drug-likeness (QED) is 0.306. The molecular weight excluding hydrogens is 551 g/mol. The Labute approximate surface area is 243 Å². The summed E-state index contributed by atoms with van der Waals surface area (Å²) >= 11 is 0. The van der Waals surface area contributed by atoms with Crippen molar-refractivity contribution in [3.8, 4) is 0 Å². The zero-order valence-electron chi connectivity index (χ0n) is 24.5. The minimum atomic E-state index is -2.17. The van der Waals surface area contributed by atoms with Gasteiger partial charge in [-0.05, 0) is 37.1 Å². The molecule has 4 aliphatic rings. The summed E-state index contributed by atoms with van der Waals surface area (Å²) in [5, 5.41) is 24.1. The number of rotatable bonds is 4. The van der Waals surface area contributed by atoms with E-state index in [0.29, 0.717) is 0 Å². The molecule has 4 unspecified atom stereocenters. The summed E-state index contributed by atoms with van der Waals surface area (Å²) in [4.78, 5) is 53.3. The van der Waals surface area contributed by atoms with Crippen LogP contribution in [0, 0.1) is 16.7 Å². The van der Waals surface area contributed by atoms with Crippen LogP contribution in [0.5, 0.6) is 0 Å². The number of halogens is 1. The molecule has 2 saturated carbocycles. The van der Waals surface area contributed by atoms with Gasteiger partial charge in [-0.25, -0.2) is 9.18 Å². The average Bonchev–Trinajstić information content (AvgIpc) is 2.90. The number of hydrogen-bond acceptors (Lipinski definition) is 10. The Balaban J connectivity index is 1.84. The number of carbonyl (C=O) groups excluding carboxylic acids is 4. The Bertz CT molecular complexity index is 1360. The Hall–Kier alpha value is -3.15. The molecule has 2 N–H and O–H groups in total. The SMILES string of the molecule is CC(=O)OC1C(=O)C2(C)C(F)C[C@H]3OC[C@@]3(OC(C)=O)C2[C@H](OC(=O)c2ccccc2)[C@]2(O)C[C@H](O)C(C)=C1C2(C)C. The van der Waals surface area contributed by atoms with Crippen LogP contribution in [0.15, 0.2) is 41.5 Å². The van der Waals surface area contributed by atoms with E-state index in [9.17, 15) is 29.4 Å². The third-order valence-electron chi connectivity index (χ3n) is 10.1. The summed E-state index contributed by atoms with van der Waals surface area (Å²) in [6, 6.07) is 7.94. The molecule has 1 aliphatic heterocycles. The number of fused-ring (bicyclic) bond motifs is 5. The van der Waals surface area contributed by atoms with Crippen LogP contribution < -0.4 is 0 Å². The minimum Gasteiger partial charge on any atom is -0.455 e. The van der Waals surface area contributed by atoms with Crippen LogP contribution in [0.4, 0.5) is 4.39 Å². The monoisotopic (exact) mass is 588 g/mol. The Morgan fingerprint density at radius 3 is 2.24 bits per heavy atom. The molecule has 1 heterocycles. The number of alkyl halides is 1. The highest BCUT2D eigenvalue weighted by atomic mass is 19.1.